The minimum Gasteiger partial charge on any atom is -0.494 e. The van der Waals surface area contributed by atoms with E-state index in [1.807, 2.05) is 36.4 Å². The summed E-state index contributed by atoms with van der Waals surface area (Å²) in [6.45, 7) is 6.67. The number of para-hydroxylation sites is 2. The van der Waals surface area contributed by atoms with Crippen molar-refractivity contribution in [2.75, 3.05) is 97.9 Å². The summed E-state index contributed by atoms with van der Waals surface area (Å²) < 4.78 is 19.7. The van der Waals surface area contributed by atoms with Crippen LogP contribution in [-0.4, -0.2) is 131 Å². The summed E-state index contributed by atoms with van der Waals surface area (Å²) in [6.07, 6.45) is 5.74. The van der Waals surface area contributed by atoms with Crippen LogP contribution in [0.25, 0.3) is 0 Å². The SMILES string of the molecule is COc1cc(N2CCC(CN3CCN(CC(=O)Nc4cccc5c4CN(C4CCC(=O)NC4=O)C5=O)CC3)CC2)ccc1Nc1ncc(Cl)c(Nc2ccccc2N(C)S(C)=O)n1. The van der Waals surface area contributed by atoms with Gasteiger partial charge in [0.25, 0.3) is 5.91 Å². The van der Waals surface area contributed by atoms with Crippen LogP contribution in [-0.2, 0) is 31.9 Å². The van der Waals surface area contributed by atoms with Crippen molar-refractivity contribution in [1.82, 2.24) is 30.0 Å². The van der Waals surface area contributed by atoms with E-state index in [1.54, 1.807) is 42.9 Å². The second kappa shape index (κ2) is 19.3. The molecule has 4 N–H and O–H groups in total. The maximum Gasteiger partial charge on any atom is 0.255 e. The first-order chi connectivity index (χ1) is 30.4. The van der Waals surface area contributed by atoms with Crippen molar-refractivity contribution < 1.29 is 28.1 Å². The molecular weight excluding hydrogens is 846 g/mol. The molecule has 0 spiro atoms. The highest BCUT2D eigenvalue weighted by Gasteiger charge is 2.40. The summed E-state index contributed by atoms with van der Waals surface area (Å²) >= 11 is 6.50. The number of methoxy groups -OCH3 is 1. The van der Waals surface area contributed by atoms with Gasteiger partial charge in [-0.1, -0.05) is 29.8 Å². The largest absolute Gasteiger partial charge is 0.494 e. The normalized spacial score (nSPS) is 19.0. The minimum atomic E-state index is -1.22. The van der Waals surface area contributed by atoms with Crippen molar-refractivity contribution in [2.45, 2.75) is 38.3 Å². The number of fused-ring (bicyclic) bond motifs is 1. The Kier molecular flexibility index (Phi) is 13.4. The second-order valence-electron chi connectivity index (χ2n) is 16.3. The lowest BCUT2D eigenvalue weighted by Gasteiger charge is -2.39. The van der Waals surface area contributed by atoms with Crippen LogP contribution in [0.2, 0.25) is 5.02 Å². The number of nitrogens with one attached hydrogen (secondary N) is 4. The first-order valence-corrected chi connectivity index (χ1v) is 23.0. The van der Waals surface area contributed by atoms with Gasteiger partial charge < -0.3 is 35.4 Å². The first kappa shape index (κ1) is 43.8. The molecule has 8 rings (SSSR count). The van der Waals surface area contributed by atoms with E-state index in [4.69, 9.17) is 16.3 Å². The molecule has 4 aromatic rings. The number of rotatable bonds is 14. The van der Waals surface area contributed by atoms with Gasteiger partial charge in [-0.15, -0.1) is 0 Å². The van der Waals surface area contributed by atoms with E-state index in [0.29, 0.717) is 56.6 Å². The zero-order valence-corrected chi connectivity index (χ0v) is 37.1. The highest BCUT2D eigenvalue weighted by atomic mass is 35.5. The van der Waals surface area contributed by atoms with Crippen molar-refractivity contribution in [3.63, 3.8) is 0 Å². The molecule has 4 aliphatic rings. The molecule has 5 heterocycles. The maximum atomic E-state index is 13.2. The fourth-order valence-electron chi connectivity index (χ4n) is 8.70. The number of ether oxygens (including phenoxy) is 1. The van der Waals surface area contributed by atoms with Crippen molar-refractivity contribution in [3.05, 3.63) is 83.0 Å². The Morgan fingerprint density at radius 1 is 0.937 bits per heavy atom. The molecule has 4 aliphatic heterocycles. The molecule has 3 aromatic carbocycles. The van der Waals surface area contributed by atoms with Crippen LogP contribution < -0.4 is 35.2 Å². The molecule has 0 aliphatic carbocycles. The van der Waals surface area contributed by atoms with E-state index in [-0.39, 0.29) is 43.7 Å². The van der Waals surface area contributed by atoms with E-state index < -0.39 is 22.9 Å². The fraction of sp³-hybridized carbons (Fsp3) is 0.409. The topological polar surface area (TPSA) is 185 Å². The summed E-state index contributed by atoms with van der Waals surface area (Å²) in [6, 6.07) is 18.1. The molecule has 19 heteroatoms. The van der Waals surface area contributed by atoms with Gasteiger partial charge in [0.1, 0.15) is 27.8 Å². The number of hydrogen-bond donors (Lipinski definition) is 4. The Morgan fingerprint density at radius 2 is 1.68 bits per heavy atom. The van der Waals surface area contributed by atoms with Crippen molar-refractivity contribution in [1.29, 1.82) is 0 Å². The third kappa shape index (κ3) is 10.0. The summed E-state index contributed by atoms with van der Waals surface area (Å²) in [5, 5.41) is 12.2. The van der Waals surface area contributed by atoms with Gasteiger partial charge in [0.05, 0.1) is 36.9 Å². The summed E-state index contributed by atoms with van der Waals surface area (Å²) in [5.74, 6) is 0.760. The third-order valence-corrected chi connectivity index (χ3v) is 13.5. The number of carbonyl (C=O) groups is 4. The lowest BCUT2D eigenvalue weighted by molar-refractivity contribution is -0.137. The molecule has 0 radical (unpaired) electrons. The number of piperidine rings is 2. The number of nitrogens with zero attached hydrogens (tertiary/aromatic N) is 7. The van der Waals surface area contributed by atoms with Crippen LogP contribution in [0, 0.1) is 5.92 Å². The number of benzene rings is 3. The number of piperazine rings is 1. The number of carbonyl (C=O) groups excluding carboxylic acids is 4. The van der Waals surface area contributed by atoms with Gasteiger partial charge in [-0.2, -0.15) is 4.98 Å². The van der Waals surface area contributed by atoms with Crippen molar-refractivity contribution in [3.8, 4) is 5.75 Å². The van der Waals surface area contributed by atoms with Gasteiger partial charge in [0.2, 0.25) is 23.7 Å². The zero-order valence-electron chi connectivity index (χ0n) is 35.6. The van der Waals surface area contributed by atoms with Crippen LogP contribution in [0.3, 0.4) is 0 Å². The molecule has 4 amide bonds. The Labute approximate surface area is 374 Å². The summed E-state index contributed by atoms with van der Waals surface area (Å²) in [5.41, 5.74) is 4.96. The quantitative estimate of drug-likeness (QED) is 0.129. The zero-order chi connectivity index (χ0) is 44.2. The number of hydrogen-bond acceptors (Lipinski definition) is 13. The predicted molar refractivity (Wildman–Crippen MR) is 244 cm³/mol. The van der Waals surface area contributed by atoms with Crippen LogP contribution >= 0.6 is 11.6 Å². The van der Waals surface area contributed by atoms with E-state index in [1.165, 1.54) is 11.1 Å². The first-order valence-electron chi connectivity index (χ1n) is 21.1. The van der Waals surface area contributed by atoms with Crippen LogP contribution in [0.5, 0.6) is 5.75 Å². The fourth-order valence-corrected chi connectivity index (χ4v) is 9.27. The standard InChI is InChI=1S/C44H52ClN11O6S/c1-52(63(3)61)36-10-5-4-8-34(36)48-41-32(45)24-46-44(51-41)49-35-12-11-29(23-38(35)62-2)55-17-15-28(16-18-55)25-53-19-21-54(22-20-53)27-40(58)47-33-9-6-7-30-31(33)26-56(43(30)60)37-13-14-39(57)50-42(37)59/h4-12,23-24,28,37H,13-22,25-27H2,1-3H3,(H,47,58)(H,50,57,59)(H2,46,48,49,51). The Bertz CT molecular complexity index is 2410. The lowest BCUT2D eigenvalue weighted by atomic mass is 9.95. The van der Waals surface area contributed by atoms with Crippen molar-refractivity contribution in [2.24, 2.45) is 5.92 Å². The second-order valence-corrected chi connectivity index (χ2v) is 18.1. The molecule has 0 saturated carbocycles. The van der Waals surface area contributed by atoms with Gasteiger partial charge in [0.15, 0.2) is 5.82 Å². The molecule has 2 unspecified atom stereocenters. The number of aromatic nitrogens is 2. The average Bonchev–Trinajstić information content (AvgIpc) is 3.62. The lowest BCUT2D eigenvalue weighted by Crippen LogP contribution is -2.52. The van der Waals surface area contributed by atoms with Gasteiger partial charge in [-0.05, 0) is 61.6 Å². The number of amides is 4. The summed E-state index contributed by atoms with van der Waals surface area (Å²) in [7, 11) is 2.18. The van der Waals surface area contributed by atoms with Gasteiger partial charge >= 0.3 is 0 Å². The highest BCUT2D eigenvalue weighted by molar-refractivity contribution is 7.85. The van der Waals surface area contributed by atoms with Crippen molar-refractivity contribution >= 4 is 86.4 Å². The van der Waals surface area contributed by atoms with Crippen LogP contribution in [0.4, 0.5) is 40.2 Å². The average molecular weight is 898 g/mol. The molecule has 1 aromatic heterocycles. The Balaban J connectivity index is 0.791. The number of anilines is 7. The smallest absolute Gasteiger partial charge is 0.255 e. The van der Waals surface area contributed by atoms with Gasteiger partial charge in [-0.25, -0.2) is 9.19 Å². The van der Waals surface area contributed by atoms with E-state index >= 15 is 0 Å². The van der Waals surface area contributed by atoms with Gasteiger partial charge in [0, 0.05) is 101 Å². The minimum absolute atomic E-state index is 0.143. The van der Waals surface area contributed by atoms with Gasteiger partial charge in [-0.3, -0.25) is 33.7 Å². The molecule has 332 valence electrons. The maximum absolute atomic E-state index is 13.2. The molecule has 63 heavy (non-hydrogen) atoms. The molecule has 2 atom stereocenters. The monoisotopic (exact) mass is 897 g/mol. The Morgan fingerprint density at radius 3 is 2.43 bits per heavy atom. The Hall–Kier alpha value is -5.82. The molecule has 17 nitrogen and oxygen atoms in total. The third-order valence-electron chi connectivity index (χ3n) is 12.2. The van der Waals surface area contributed by atoms with E-state index in [0.717, 1.165) is 70.0 Å². The summed E-state index contributed by atoms with van der Waals surface area (Å²) in [4.78, 5) is 68.2. The molecular formula is C44H52ClN11O6S. The van der Waals surface area contributed by atoms with E-state index in [2.05, 4.69) is 52.0 Å². The number of halogens is 1. The van der Waals surface area contributed by atoms with Crippen LogP contribution in [0.15, 0.2) is 66.9 Å². The molecule has 3 fully saturated rings. The predicted octanol–water partition coefficient (Wildman–Crippen LogP) is 4.59. The molecule has 3 saturated heterocycles. The van der Waals surface area contributed by atoms with E-state index in [9.17, 15) is 23.4 Å². The van der Waals surface area contributed by atoms with Crippen LogP contribution in [0.1, 0.15) is 41.6 Å². The molecule has 0 bridgehead atoms. The number of imide groups is 1. The highest BCUT2D eigenvalue weighted by Crippen LogP contribution is 2.36.